The summed E-state index contributed by atoms with van der Waals surface area (Å²) < 4.78 is 4.77. The van der Waals surface area contributed by atoms with Gasteiger partial charge in [0, 0.05) is 0 Å². The quantitative estimate of drug-likeness (QED) is 0.863. The van der Waals surface area contributed by atoms with Crippen LogP contribution in [-0.4, -0.2) is 35.2 Å². The number of benzene rings is 1. The molecular formula is C12H13NO4. The molecule has 1 amide bonds. The first-order valence-corrected chi connectivity index (χ1v) is 5.32. The zero-order valence-corrected chi connectivity index (χ0v) is 9.42. The number of hydrogen-bond donors (Lipinski definition) is 1. The van der Waals surface area contributed by atoms with E-state index in [9.17, 15) is 14.7 Å². The highest BCUT2D eigenvalue weighted by Gasteiger charge is 2.35. The molecule has 1 saturated heterocycles. The molecule has 17 heavy (non-hydrogen) atoms. The van der Waals surface area contributed by atoms with Crippen LogP contribution in [0.15, 0.2) is 24.3 Å². The normalized spacial score (nSPS) is 16.8. The van der Waals surface area contributed by atoms with Crippen LogP contribution in [0.2, 0.25) is 0 Å². The van der Waals surface area contributed by atoms with E-state index in [4.69, 9.17) is 4.74 Å². The number of aryl methyl sites for hydroxylation is 1. The molecule has 0 aromatic heterocycles. The lowest BCUT2D eigenvalue weighted by Gasteiger charge is -2.22. The summed E-state index contributed by atoms with van der Waals surface area (Å²) >= 11 is 0. The Balaban J connectivity index is 2.32. The summed E-state index contributed by atoms with van der Waals surface area (Å²) in [5, 5.41) is 9.22. The first kappa shape index (κ1) is 11.4. The molecule has 90 valence electrons. The van der Waals surface area contributed by atoms with Gasteiger partial charge in [-0.3, -0.25) is 4.90 Å². The second-order valence-electron chi connectivity index (χ2n) is 3.96. The van der Waals surface area contributed by atoms with E-state index in [1.54, 1.807) is 12.1 Å². The second kappa shape index (κ2) is 4.45. The summed E-state index contributed by atoms with van der Waals surface area (Å²) in [5.41, 5.74) is 1.63. The van der Waals surface area contributed by atoms with E-state index in [1.807, 2.05) is 19.1 Å². The molecule has 1 heterocycles. The van der Waals surface area contributed by atoms with Gasteiger partial charge in [0.15, 0.2) is 6.04 Å². The lowest BCUT2D eigenvalue weighted by atomic mass is 10.0. The Hall–Kier alpha value is -2.04. The van der Waals surface area contributed by atoms with Crippen LogP contribution in [0, 0.1) is 6.92 Å². The molecule has 5 nitrogen and oxygen atoms in total. The number of nitrogens with zero attached hydrogens (tertiary/aromatic N) is 1. The van der Waals surface area contributed by atoms with Crippen molar-refractivity contribution < 1.29 is 19.4 Å². The summed E-state index contributed by atoms with van der Waals surface area (Å²) in [7, 11) is 0. The van der Waals surface area contributed by atoms with Crippen LogP contribution in [-0.2, 0) is 9.53 Å². The predicted molar refractivity (Wildman–Crippen MR) is 59.6 cm³/mol. The molecule has 5 heteroatoms. The van der Waals surface area contributed by atoms with Crippen LogP contribution >= 0.6 is 0 Å². The van der Waals surface area contributed by atoms with E-state index in [-0.39, 0.29) is 6.61 Å². The summed E-state index contributed by atoms with van der Waals surface area (Å²) in [6.45, 7) is 2.47. The molecule has 1 N–H and O–H groups in total. The fourth-order valence-electron chi connectivity index (χ4n) is 1.84. The molecule has 1 atom stereocenters. The summed E-state index contributed by atoms with van der Waals surface area (Å²) in [4.78, 5) is 23.9. The SMILES string of the molecule is Cc1ccc([C@@H](C(=O)O)N2CCOC2=O)cc1. The first-order valence-electron chi connectivity index (χ1n) is 5.32. The van der Waals surface area contributed by atoms with Gasteiger partial charge in [0.25, 0.3) is 0 Å². The predicted octanol–water partition coefficient (Wildman–Crippen LogP) is 1.57. The third-order valence-corrected chi connectivity index (χ3v) is 2.73. The van der Waals surface area contributed by atoms with Crippen molar-refractivity contribution in [2.24, 2.45) is 0 Å². The number of carboxylic acid groups (broad SMARTS) is 1. The summed E-state index contributed by atoms with van der Waals surface area (Å²) in [5.74, 6) is -1.05. The van der Waals surface area contributed by atoms with Crippen molar-refractivity contribution in [2.45, 2.75) is 13.0 Å². The molecule has 1 aliphatic heterocycles. The van der Waals surface area contributed by atoms with E-state index >= 15 is 0 Å². The van der Waals surface area contributed by atoms with Gasteiger partial charge >= 0.3 is 12.1 Å². The van der Waals surface area contributed by atoms with Crippen molar-refractivity contribution in [3.63, 3.8) is 0 Å². The van der Waals surface area contributed by atoms with Gasteiger partial charge in [-0.2, -0.15) is 0 Å². The van der Waals surface area contributed by atoms with Crippen molar-refractivity contribution in [3.05, 3.63) is 35.4 Å². The second-order valence-corrected chi connectivity index (χ2v) is 3.96. The van der Waals surface area contributed by atoms with Crippen LogP contribution < -0.4 is 0 Å². The molecule has 0 bridgehead atoms. The van der Waals surface area contributed by atoms with E-state index in [1.165, 1.54) is 4.90 Å². The van der Waals surface area contributed by atoms with E-state index < -0.39 is 18.1 Å². The zero-order valence-electron chi connectivity index (χ0n) is 9.42. The Morgan fingerprint density at radius 2 is 2.06 bits per heavy atom. The molecule has 0 unspecified atom stereocenters. The molecule has 0 spiro atoms. The van der Waals surface area contributed by atoms with Gasteiger partial charge in [-0.25, -0.2) is 9.59 Å². The molecule has 0 saturated carbocycles. The fraction of sp³-hybridized carbons (Fsp3) is 0.333. The fourth-order valence-corrected chi connectivity index (χ4v) is 1.84. The third-order valence-electron chi connectivity index (χ3n) is 2.73. The topological polar surface area (TPSA) is 66.8 Å². The van der Waals surface area contributed by atoms with Crippen molar-refractivity contribution in [3.8, 4) is 0 Å². The van der Waals surface area contributed by atoms with Gasteiger partial charge in [-0.1, -0.05) is 29.8 Å². The van der Waals surface area contributed by atoms with Gasteiger partial charge in [0.1, 0.15) is 6.61 Å². The molecule has 1 aromatic carbocycles. The zero-order chi connectivity index (χ0) is 12.4. The van der Waals surface area contributed by atoms with Crippen LogP contribution in [0.5, 0.6) is 0 Å². The third kappa shape index (κ3) is 2.22. The van der Waals surface area contributed by atoms with Crippen LogP contribution in [0.1, 0.15) is 17.2 Å². The van der Waals surface area contributed by atoms with Gasteiger partial charge in [-0.15, -0.1) is 0 Å². The standard InChI is InChI=1S/C12H13NO4/c1-8-2-4-9(5-3-8)10(11(14)15)13-6-7-17-12(13)16/h2-5,10H,6-7H2,1H3,(H,14,15)/t10-/m0/s1. The lowest BCUT2D eigenvalue weighted by molar-refractivity contribution is -0.142. The minimum atomic E-state index is -1.05. The monoisotopic (exact) mass is 235 g/mol. The van der Waals surface area contributed by atoms with Crippen molar-refractivity contribution in [1.82, 2.24) is 4.90 Å². The van der Waals surface area contributed by atoms with Crippen molar-refractivity contribution in [2.75, 3.05) is 13.2 Å². The number of rotatable bonds is 3. The number of hydrogen-bond acceptors (Lipinski definition) is 3. The average molecular weight is 235 g/mol. The molecule has 1 aromatic rings. The molecule has 1 fully saturated rings. The van der Waals surface area contributed by atoms with E-state index in [0.29, 0.717) is 12.1 Å². The van der Waals surface area contributed by atoms with Gasteiger partial charge in [0.05, 0.1) is 6.54 Å². The van der Waals surface area contributed by atoms with Gasteiger partial charge in [-0.05, 0) is 12.5 Å². The minimum absolute atomic E-state index is 0.245. The Kier molecular flexibility index (Phi) is 2.99. The number of carbonyl (C=O) groups excluding carboxylic acids is 1. The molecular weight excluding hydrogens is 222 g/mol. The van der Waals surface area contributed by atoms with E-state index in [0.717, 1.165) is 5.56 Å². The minimum Gasteiger partial charge on any atom is -0.479 e. The highest BCUT2D eigenvalue weighted by atomic mass is 16.6. The summed E-state index contributed by atoms with van der Waals surface area (Å²) in [6.07, 6.45) is -0.571. The number of amides is 1. The van der Waals surface area contributed by atoms with Crippen LogP contribution in [0.4, 0.5) is 4.79 Å². The van der Waals surface area contributed by atoms with Crippen molar-refractivity contribution >= 4 is 12.1 Å². The maximum atomic E-state index is 11.4. The Morgan fingerprint density at radius 1 is 1.41 bits per heavy atom. The summed E-state index contributed by atoms with van der Waals surface area (Å²) in [6, 6.07) is 6.13. The molecule has 2 rings (SSSR count). The Bertz CT molecular complexity index is 440. The maximum Gasteiger partial charge on any atom is 0.410 e. The Morgan fingerprint density at radius 3 is 2.53 bits per heavy atom. The smallest absolute Gasteiger partial charge is 0.410 e. The molecule has 1 aliphatic rings. The highest BCUT2D eigenvalue weighted by molar-refractivity contribution is 5.82. The average Bonchev–Trinajstić information content (AvgIpc) is 2.68. The number of carboxylic acids is 1. The first-order chi connectivity index (χ1) is 8.09. The van der Waals surface area contributed by atoms with Gasteiger partial charge in [0.2, 0.25) is 0 Å². The Labute approximate surface area is 98.6 Å². The van der Waals surface area contributed by atoms with Gasteiger partial charge < -0.3 is 9.84 Å². The lowest BCUT2D eigenvalue weighted by Crippen LogP contribution is -2.34. The number of carbonyl (C=O) groups is 2. The van der Waals surface area contributed by atoms with Crippen LogP contribution in [0.3, 0.4) is 0 Å². The molecule has 0 radical (unpaired) electrons. The number of cyclic esters (lactones) is 1. The maximum absolute atomic E-state index is 11.4. The molecule has 0 aliphatic carbocycles. The van der Waals surface area contributed by atoms with Crippen LogP contribution in [0.25, 0.3) is 0 Å². The largest absolute Gasteiger partial charge is 0.479 e. The number of aliphatic carboxylic acids is 1. The highest BCUT2D eigenvalue weighted by Crippen LogP contribution is 2.24. The van der Waals surface area contributed by atoms with Crippen molar-refractivity contribution in [1.29, 1.82) is 0 Å². The van der Waals surface area contributed by atoms with E-state index in [2.05, 4.69) is 0 Å². The number of ether oxygens (including phenoxy) is 1.